The first kappa shape index (κ1) is 35.9. The lowest BCUT2D eigenvalue weighted by atomic mass is 9.67. The molecule has 0 spiro atoms. The number of para-hydroxylation sites is 4. The summed E-state index contributed by atoms with van der Waals surface area (Å²) >= 11 is 0. The van der Waals surface area contributed by atoms with Crippen LogP contribution in [0.3, 0.4) is 0 Å². The van der Waals surface area contributed by atoms with E-state index >= 15 is 0 Å². The van der Waals surface area contributed by atoms with Crippen LogP contribution in [0.15, 0.2) is 238 Å². The molecule has 14 rings (SSSR count). The topological polar surface area (TPSA) is 42.7 Å². The third kappa shape index (κ3) is 5.02. The zero-order valence-electron chi connectivity index (χ0n) is 35.0. The first-order valence-corrected chi connectivity index (χ1v) is 22.2. The fourth-order valence-electron chi connectivity index (χ4n) is 11.1. The number of fused-ring (bicyclic) bond motifs is 13. The van der Waals surface area contributed by atoms with E-state index in [1.165, 1.54) is 33.4 Å². The number of nitrogens with zero attached hydrogens (tertiary/aromatic N) is 1. The number of rotatable bonds is 6. The van der Waals surface area contributed by atoms with Crippen LogP contribution in [0.1, 0.15) is 22.3 Å². The van der Waals surface area contributed by atoms with E-state index in [2.05, 4.69) is 199 Å². The molecule has 0 unspecified atom stereocenters. The van der Waals surface area contributed by atoms with Gasteiger partial charge in [0.15, 0.2) is 5.58 Å². The molecule has 4 nitrogen and oxygen atoms in total. The van der Waals surface area contributed by atoms with Gasteiger partial charge in [-0.1, -0.05) is 170 Å². The molecule has 1 aliphatic carbocycles. The van der Waals surface area contributed by atoms with Crippen molar-refractivity contribution in [2.75, 3.05) is 4.90 Å². The second-order valence-corrected chi connectivity index (χ2v) is 17.1. The fourth-order valence-corrected chi connectivity index (χ4v) is 11.1. The highest BCUT2D eigenvalue weighted by Crippen LogP contribution is 2.58. The van der Waals surface area contributed by atoms with Gasteiger partial charge in [-0.05, 0) is 88.0 Å². The van der Waals surface area contributed by atoms with Crippen molar-refractivity contribution >= 4 is 82.9 Å². The fraction of sp³-hybridized carbons (Fsp3) is 0.0164. The average Bonchev–Trinajstić information content (AvgIpc) is 4.13. The number of furan rings is 3. The summed E-state index contributed by atoms with van der Waals surface area (Å²) in [5.74, 6) is 0. The molecule has 0 saturated heterocycles. The average molecular weight is 832 g/mol. The first-order valence-electron chi connectivity index (χ1n) is 22.2. The molecule has 0 saturated carbocycles. The van der Waals surface area contributed by atoms with Crippen LogP contribution in [0.25, 0.3) is 88.1 Å². The van der Waals surface area contributed by atoms with Crippen molar-refractivity contribution < 1.29 is 13.3 Å². The first-order chi connectivity index (χ1) is 32.3. The Morgan fingerprint density at radius 3 is 1.63 bits per heavy atom. The third-order valence-corrected chi connectivity index (χ3v) is 13.8. The van der Waals surface area contributed by atoms with Crippen molar-refractivity contribution in [1.29, 1.82) is 0 Å². The highest BCUT2D eigenvalue weighted by atomic mass is 16.3. The second kappa shape index (κ2) is 13.7. The van der Waals surface area contributed by atoms with E-state index in [0.29, 0.717) is 0 Å². The lowest BCUT2D eigenvalue weighted by Crippen LogP contribution is -2.28. The summed E-state index contributed by atoms with van der Waals surface area (Å²) in [5.41, 5.74) is 16.6. The third-order valence-electron chi connectivity index (χ3n) is 13.8. The molecule has 13 aromatic rings. The Balaban J connectivity index is 1.12. The molecule has 0 atom stereocenters. The smallest absolute Gasteiger partial charge is 0.160 e. The van der Waals surface area contributed by atoms with Crippen molar-refractivity contribution in [3.8, 4) is 22.3 Å². The van der Waals surface area contributed by atoms with Gasteiger partial charge >= 0.3 is 0 Å². The predicted octanol–water partition coefficient (Wildman–Crippen LogP) is 16.9. The summed E-state index contributed by atoms with van der Waals surface area (Å²) < 4.78 is 20.5. The minimum absolute atomic E-state index is 0.588. The van der Waals surface area contributed by atoms with Crippen LogP contribution in [0.2, 0.25) is 0 Å². The molecule has 65 heavy (non-hydrogen) atoms. The Morgan fingerprint density at radius 1 is 0.308 bits per heavy atom. The minimum Gasteiger partial charge on any atom is -0.456 e. The summed E-state index contributed by atoms with van der Waals surface area (Å²) in [6, 6.07) is 80.2. The Hall–Kier alpha value is -8.60. The van der Waals surface area contributed by atoms with Gasteiger partial charge < -0.3 is 18.2 Å². The minimum atomic E-state index is -0.588. The van der Waals surface area contributed by atoms with Crippen LogP contribution in [0.5, 0.6) is 0 Å². The van der Waals surface area contributed by atoms with E-state index in [9.17, 15) is 0 Å². The van der Waals surface area contributed by atoms with E-state index in [1.807, 2.05) is 30.3 Å². The SMILES string of the molecule is c1ccc(N(c2ccc3c(c2)C(c2ccccc2)(c2ccccc2)c2ccccc2-3)c2c(-c3cccc4c3oc3ccccc34)ccc3c2oc2ccc4oc5ccccc5c4c23)cc1. The highest BCUT2D eigenvalue weighted by Gasteiger charge is 2.46. The molecule has 4 heteroatoms. The van der Waals surface area contributed by atoms with Crippen molar-refractivity contribution in [2.45, 2.75) is 5.41 Å². The Morgan fingerprint density at radius 2 is 0.862 bits per heavy atom. The maximum atomic E-state index is 7.28. The molecule has 3 heterocycles. The molecule has 0 radical (unpaired) electrons. The lowest BCUT2D eigenvalue weighted by molar-refractivity contribution is 0.663. The summed E-state index contributed by atoms with van der Waals surface area (Å²) in [6.07, 6.45) is 0. The van der Waals surface area contributed by atoms with Crippen molar-refractivity contribution in [3.05, 3.63) is 247 Å². The molecule has 0 bridgehead atoms. The quantitative estimate of drug-likeness (QED) is 0.167. The van der Waals surface area contributed by atoms with E-state index < -0.39 is 5.41 Å². The van der Waals surface area contributed by atoms with Gasteiger partial charge in [0.25, 0.3) is 0 Å². The maximum Gasteiger partial charge on any atom is 0.160 e. The zero-order chi connectivity index (χ0) is 42.6. The number of hydrogen-bond donors (Lipinski definition) is 0. The Bertz CT molecular complexity index is 3970. The molecule has 0 aliphatic heterocycles. The van der Waals surface area contributed by atoms with Gasteiger partial charge in [-0.3, -0.25) is 0 Å². The summed E-state index contributed by atoms with van der Waals surface area (Å²) in [5, 5.41) is 6.29. The maximum absolute atomic E-state index is 7.28. The largest absolute Gasteiger partial charge is 0.456 e. The van der Waals surface area contributed by atoms with Crippen molar-refractivity contribution in [2.24, 2.45) is 0 Å². The van der Waals surface area contributed by atoms with E-state index in [4.69, 9.17) is 13.3 Å². The highest BCUT2D eigenvalue weighted by molar-refractivity contribution is 6.28. The number of benzene rings is 10. The zero-order valence-corrected chi connectivity index (χ0v) is 35.0. The molecule has 0 fully saturated rings. The van der Waals surface area contributed by atoms with Gasteiger partial charge in [0, 0.05) is 54.8 Å². The standard InChI is InChI=1S/C61H37NO3/c1-4-17-38(18-5-1)61(39-19-6-2-7-20-39)50-28-13-10-23-42(50)43-32-31-41(37-51(43)61)62(40-21-8-3-9-22-40)58-45(47-27-16-26-46-44-24-11-14-29-52(44)64-59(46)47)33-34-49-57-55(65-60(49)58)36-35-54-56(57)48-25-12-15-30-53(48)63-54/h1-37H. The van der Waals surface area contributed by atoms with Gasteiger partial charge in [-0.25, -0.2) is 0 Å². The van der Waals surface area contributed by atoms with Gasteiger partial charge in [-0.15, -0.1) is 0 Å². The number of hydrogen-bond acceptors (Lipinski definition) is 4. The lowest BCUT2D eigenvalue weighted by Gasteiger charge is -2.35. The van der Waals surface area contributed by atoms with Crippen LogP contribution in [-0.4, -0.2) is 0 Å². The molecular formula is C61H37NO3. The van der Waals surface area contributed by atoms with E-state index in [0.717, 1.165) is 94.0 Å². The van der Waals surface area contributed by atoms with Crippen molar-refractivity contribution in [3.63, 3.8) is 0 Å². The normalized spacial score (nSPS) is 13.0. The molecule has 0 N–H and O–H groups in total. The Kier molecular flexibility index (Phi) is 7.57. The van der Waals surface area contributed by atoms with E-state index in [-0.39, 0.29) is 0 Å². The summed E-state index contributed by atoms with van der Waals surface area (Å²) in [4.78, 5) is 2.40. The van der Waals surface area contributed by atoms with Crippen LogP contribution in [-0.2, 0) is 5.41 Å². The predicted molar refractivity (Wildman–Crippen MR) is 266 cm³/mol. The van der Waals surface area contributed by atoms with Gasteiger partial charge in [0.05, 0.1) is 11.1 Å². The van der Waals surface area contributed by atoms with Crippen LogP contribution < -0.4 is 4.90 Å². The van der Waals surface area contributed by atoms with Crippen LogP contribution >= 0.6 is 0 Å². The second-order valence-electron chi connectivity index (χ2n) is 17.1. The van der Waals surface area contributed by atoms with Crippen LogP contribution in [0, 0.1) is 0 Å². The van der Waals surface area contributed by atoms with Gasteiger partial charge in [0.1, 0.15) is 27.9 Å². The van der Waals surface area contributed by atoms with Gasteiger partial charge in [-0.2, -0.15) is 0 Å². The van der Waals surface area contributed by atoms with Gasteiger partial charge in [0.2, 0.25) is 0 Å². The van der Waals surface area contributed by atoms with Crippen molar-refractivity contribution in [1.82, 2.24) is 0 Å². The molecule has 304 valence electrons. The monoisotopic (exact) mass is 831 g/mol. The molecule has 10 aromatic carbocycles. The summed E-state index contributed by atoms with van der Waals surface area (Å²) in [7, 11) is 0. The number of anilines is 3. The molecular weight excluding hydrogens is 795 g/mol. The summed E-state index contributed by atoms with van der Waals surface area (Å²) in [6.45, 7) is 0. The van der Waals surface area contributed by atoms with E-state index in [1.54, 1.807) is 0 Å². The molecule has 3 aromatic heterocycles. The Labute approximate surface area is 373 Å². The molecule has 0 amide bonds. The van der Waals surface area contributed by atoms with Crippen LogP contribution in [0.4, 0.5) is 17.1 Å². The molecule has 1 aliphatic rings.